The number of likely N-dealkylation sites (N-methyl/N-ethyl adjacent to an activating group) is 1. The highest BCUT2D eigenvalue weighted by molar-refractivity contribution is 9.11. The molecule has 0 unspecified atom stereocenters. The first-order valence-corrected chi connectivity index (χ1v) is 9.61. The molecule has 0 aliphatic heterocycles. The number of alkyl halides is 1. The van der Waals surface area contributed by atoms with Crippen molar-refractivity contribution in [3.63, 3.8) is 0 Å². The van der Waals surface area contributed by atoms with E-state index in [9.17, 15) is 4.79 Å². The van der Waals surface area contributed by atoms with Crippen molar-refractivity contribution < 1.29 is 9.53 Å². The Morgan fingerprint density at radius 2 is 1.90 bits per heavy atom. The number of halogens is 3. The van der Waals surface area contributed by atoms with Crippen LogP contribution in [0.2, 0.25) is 0 Å². The zero-order valence-corrected chi connectivity index (χ0v) is 17.1. The van der Waals surface area contributed by atoms with Gasteiger partial charge in [-0.15, -0.1) is 0 Å². The fraction of sp³-hybridized carbons (Fsp3) is 0.533. The second kappa shape index (κ2) is 9.85. The number of amides is 1. The summed E-state index contributed by atoms with van der Waals surface area (Å²) in [6.07, 6.45) is 2.33. The van der Waals surface area contributed by atoms with Gasteiger partial charge in [-0.2, -0.15) is 0 Å². The van der Waals surface area contributed by atoms with Crippen molar-refractivity contribution in [2.24, 2.45) is 0 Å². The first-order valence-electron chi connectivity index (χ1n) is 6.90. The van der Waals surface area contributed by atoms with E-state index in [1.165, 1.54) is 0 Å². The van der Waals surface area contributed by atoms with Crippen molar-refractivity contribution in [3.8, 4) is 5.75 Å². The molecule has 0 heterocycles. The standard InChI is InChI=1S/C15H20Br3NO2/c1-3-14(20)19(2)7-5-11-9-12(17)15(13(18)10-11)21-8-4-6-16/h9-10H,3-8H2,1-2H3. The lowest BCUT2D eigenvalue weighted by molar-refractivity contribution is -0.129. The number of carbonyl (C=O) groups is 1. The Morgan fingerprint density at radius 1 is 1.29 bits per heavy atom. The van der Waals surface area contributed by atoms with Crippen LogP contribution < -0.4 is 4.74 Å². The molecule has 1 aromatic carbocycles. The average molecular weight is 486 g/mol. The zero-order chi connectivity index (χ0) is 15.8. The minimum absolute atomic E-state index is 0.169. The topological polar surface area (TPSA) is 29.5 Å². The second-order valence-electron chi connectivity index (χ2n) is 4.70. The Bertz CT molecular complexity index is 457. The van der Waals surface area contributed by atoms with Gasteiger partial charge in [0.1, 0.15) is 5.75 Å². The highest BCUT2D eigenvalue weighted by Crippen LogP contribution is 2.35. The number of hydrogen-bond donors (Lipinski definition) is 0. The monoisotopic (exact) mass is 483 g/mol. The van der Waals surface area contributed by atoms with Crippen molar-refractivity contribution >= 4 is 53.7 Å². The largest absolute Gasteiger partial charge is 0.491 e. The molecule has 1 rings (SSSR count). The molecule has 0 atom stereocenters. The van der Waals surface area contributed by atoms with Crippen LogP contribution >= 0.6 is 47.8 Å². The predicted octanol–water partition coefficient (Wildman–Crippen LogP) is 4.79. The van der Waals surface area contributed by atoms with Crippen molar-refractivity contribution in [1.82, 2.24) is 4.90 Å². The van der Waals surface area contributed by atoms with Crippen LogP contribution in [0.1, 0.15) is 25.3 Å². The maximum absolute atomic E-state index is 11.6. The minimum Gasteiger partial charge on any atom is -0.491 e. The predicted molar refractivity (Wildman–Crippen MR) is 97.4 cm³/mol. The van der Waals surface area contributed by atoms with E-state index in [4.69, 9.17) is 4.74 Å². The third-order valence-corrected chi connectivity index (χ3v) is 4.79. The van der Waals surface area contributed by atoms with Gasteiger partial charge in [-0.05, 0) is 62.4 Å². The van der Waals surface area contributed by atoms with Crippen molar-refractivity contribution in [1.29, 1.82) is 0 Å². The number of nitrogens with zero attached hydrogens (tertiary/aromatic N) is 1. The fourth-order valence-electron chi connectivity index (χ4n) is 1.81. The highest BCUT2D eigenvalue weighted by Gasteiger charge is 2.11. The lowest BCUT2D eigenvalue weighted by Gasteiger charge is -2.17. The van der Waals surface area contributed by atoms with E-state index in [-0.39, 0.29) is 5.91 Å². The quantitative estimate of drug-likeness (QED) is 0.391. The van der Waals surface area contributed by atoms with Gasteiger partial charge in [0.05, 0.1) is 15.6 Å². The number of ether oxygens (including phenoxy) is 1. The van der Waals surface area contributed by atoms with Gasteiger partial charge in [-0.3, -0.25) is 4.79 Å². The second-order valence-corrected chi connectivity index (χ2v) is 7.20. The first-order chi connectivity index (χ1) is 9.99. The summed E-state index contributed by atoms with van der Waals surface area (Å²) >= 11 is 10.5. The molecule has 21 heavy (non-hydrogen) atoms. The molecule has 0 saturated heterocycles. The van der Waals surface area contributed by atoms with E-state index in [1.807, 2.05) is 14.0 Å². The van der Waals surface area contributed by atoms with Crippen LogP contribution in [0.15, 0.2) is 21.1 Å². The van der Waals surface area contributed by atoms with Crippen molar-refractivity contribution in [2.75, 3.05) is 25.5 Å². The van der Waals surface area contributed by atoms with Crippen LogP contribution in [-0.2, 0) is 11.2 Å². The van der Waals surface area contributed by atoms with Gasteiger partial charge in [0.15, 0.2) is 0 Å². The van der Waals surface area contributed by atoms with Crippen LogP contribution in [-0.4, -0.2) is 36.3 Å². The van der Waals surface area contributed by atoms with Crippen molar-refractivity contribution in [3.05, 3.63) is 26.6 Å². The van der Waals surface area contributed by atoms with E-state index in [0.717, 1.165) is 45.0 Å². The molecule has 6 heteroatoms. The maximum atomic E-state index is 11.6. The fourth-order valence-corrected chi connectivity index (χ4v) is 3.55. The molecule has 0 N–H and O–H groups in total. The summed E-state index contributed by atoms with van der Waals surface area (Å²) < 4.78 is 7.63. The summed E-state index contributed by atoms with van der Waals surface area (Å²) in [6, 6.07) is 4.11. The van der Waals surface area contributed by atoms with Gasteiger partial charge >= 0.3 is 0 Å². The minimum atomic E-state index is 0.169. The molecule has 3 nitrogen and oxygen atoms in total. The van der Waals surface area contributed by atoms with Gasteiger partial charge in [0.2, 0.25) is 5.91 Å². The summed E-state index contributed by atoms with van der Waals surface area (Å²) in [4.78, 5) is 13.3. The molecule has 0 fully saturated rings. The van der Waals surface area contributed by atoms with E-state index in [2.05, 4.69) is 59.9 Å². The number of rotatable bonds is 8. The molecule has 1 aromatic rings. The van der Waals surface area contributed by atoms with Crippen molar-refractivity contribution in [2.45, 2.75) is 26.2 Å². The Balaban J connectivity index is 2.67. The summed E-state index contributed by atoms with van der Waals surface area (Å²) in [7, 11) is 1.84. The average Bonchev–Trinajstić information content (AvgIpc) is 2.46. The van der Waals surface area contributed by atoms with E-state index in [0.29, 0.717) is 13.0 Å². The highest BCUT2D eigenvalue weighted by atomic mass is 79.9. The smallest absolute Gasteiger partial charge is 0.222 e. The maximum Gasteiger partial charge on any atom is 0.222 e. The SMILES string of the molecule is CCC(=O)N(C)CCc1cc(Br)c(OCCCBr)c(Br)c1. The molecule has 118 valence electrons. The van der Waals surface area contributed by atoms with Crippen LogP contribution in [0.25, 0.3) is 0 Å². The molecular formula is C15H20Br3NO2. The molecule has 0 saturated carbocycles. The van der Waals surface area contributed by atoms with E-state index < -0.39 is 0 Å². The molecule has 1 amide bonds. The Morgan fingerprint density at radius 3 is 2.43 bits per heavy atom. The van der Waals surface area contributed by atoms with Crippen LogP contribution in [0.4, 0.5) is 0 Å². The van der Waals surface area contributed by atoms with Crippen LogP contribution in [0.5, 0.6) is 5.75 Å². The van der Waals surface area contributed by atoms with E-state index in [1.54, 1.807) is 4.90 Å². The summed E-state index contributed by atoms with van der Waals surface area (Å²) in [6.45, 7) is 3.27. The summed E-state index contributed by atoms with van der Waals surface area (Å²) in [5.74, 6) is 1.00. The van der Waals surface area contributed by atoms with Gasteiger partial charge in [-0.25, -0.2) is 0 Å². The third-order valence-electron chi connectivity index (χ3n) is 3.05. The molecule has 0 aliphatic rings. The number of carbonyl (C=O) groups excluding carboxylic acids is 1. The Hall–Kier alpha value is -0.0700. The van der Waals surface area contributed by atoms with Gasteiger partial charge in [0, 0.05) is 25.3 Å². The molecule has 0 aromatic heterocycles. The molecule has 0 radical (unpaired) electrons. The Kier molecular flexibility index (Phi) is 8.90. The molecule has 0 bridgehead atoms. The van der Waals surface area contributed by atoms with Crippen LogP contribution in [0.3, 0.4) is 0 Å². The third kappa shape index (κ3) is 6.28. The number of benzene rings is 1. The molecule has 0 aliphatic carbocycles. The lowest BCUT2D eigenvalue weighted by atomic mass is 10.1. The summed E-state index contributed by atoms with van der Waals surface area (Å²) in [5, 5.41) is 0.929. The van der Waals surface area contributed by atoms with Gasteiger partial charge in [-0.1, -0.05) is 22.9 Å². The molecular weight excluding hydrogens is 466 g/mol. The Labute approximate surface area is 151 Å². The van der Waals surface area contributed by atoms with E-state index >= 15 is 0 Å². The first kappa shape index (κ1) is 19.0. The number of hydrogen-bond acceptors (Lipinski definition) is 2. The van der Waals surface area contributed by atoms with Gasteiger partial charge < -0.3 is 9.64 Å². The lowest BCUT2D eigenvalue weighted by Crippen LogP contribution is -2.27. The zero-order valence-electron chi connectivity index (χ0n) is 12.3. The van der Waals surface area contributed by atoms with Crippen LogP contribution in [0, 0.1) is 0 Å². The van der Waals surface area contributed by atoms with Gasteiger partial charge in [0.25, 0.3) is 0 Å². The summed E-state index contributed by atoms with van der Waals surface area (Å²) in [5.41, 5.74) is 1.16. The normalized spacial score (nSPS) is 10.5. The molecule has 0 spiro atoms.